The normalized spacial score (nSPS) is 30.7. The van der Waals surface area contributed by atoms with Gasteiger partial charge in [-0.1, -0.05) is 64.3 Å². The lowest BCUT2D eigenvalue weighted by Gasteiger charge is -2.39. The van der Waals surface area contributed by atoms with E-state index >= 15 is 0 Å². The zero-order chi connectivity index (χ0) is 43.7. The molecular weight excluding hydrogens is 847 g/mol. The quantitative estimate of drug-likeness (QED) is 0.0651. The fraction of sp³-hybridized carbons (Fsp3) is 0.471. The zero-order valence-electron chi connectivity index (χ0n) is 36.0. The standard InChI is InChI=1S/C51H55N3O8S2/c1-27(56)59-23-38-35-9-10-36-45-32(18-34(57)20-42(45)60-26-55)22-51-15-14-28(21-51)16-30-8-13-44(52)54-39(30)7-3-5-31-19-41(58)48-37(46(31)49(38)62-50(35)47(36)51)11-12-40-43(61-48)25-64-63-24-29-4-2-6-33(17-29)53-40/h8-13,18-20,28-29,33,38,40,43-44,49,53-55,57-58H,2,4-6,14-17,21-26,52H2,1H3/t28-,29-,33+,38+,40+,43-,44?,49+,51-/m1/s1. The Morgan fingerprint density at radius 1 is 1.03 bits per heavy atom. The Kier molecular flexibility index (Phi) is 11.1. The largest absolute Gasteiger partial charge is 0.508 e. The smallest absolute Gasteiger partial charge is 0.302 e. The van der Waals surface area contributed by atoms with Gasteiger partial charge in [-0.15, -0.1) is 0 Å². The number of hydrogen-bond donors (Lipinski definition) is 6. The number of benzene rings is 3. The van der Waals surface area contributed by atoms with Gasteiger partial charge in [0, 0.05) is 70.2 Å². The van der Waals surface area contributed by atoms with Crippen LogP contribution in [0, 0.1) is 23.7 Å². The molecule has 9 atom stereocenters. The summed E-state index contributed by atoms with van der Waals surface area (Å²) in [6.07, 6.45) is 16.4. The van der Waals surface area contributed by atoms with Crippen LogP contribution < -0.4 is 30.6 Å². The van der Waals surface area contributed by atoms with E-state index in [-0.39, 0.29) is 47.8 Å². The summed E-state index contributed by atoms with van der Waals surface area (Å²) in [5.41, 5.74) is 15.1. The Labute approximate surface area is 382 Å². The van der Waals surface area contributed by atoms with Gasteiger partial charge in [0.15, 0.2) is 18.3 Å². The number of phenolic OH excluding ortho intramolecular Hbond substituents is 2. The van der Waals surface area contributed by atoms with Gasteiger partial charge in [0.2, 0.25) is 0 Å². The van der Waals surface area contributed by atoms with Crippen LogP contribution in [0.1, 0.15) is 104 Å². The molecule has 2 saturated carbocycles. The number of phenols is 2. The molecule has 5 heterocycles. The van der Waals surface area contributed by atoms with Gasteiger partial charge in [0.05, 0.1) is 23.8 Å². The minimum Gasteiger partial charge on any atom is -0.508 e. The molecule has 334 valence electrons. The van der Waals surface area contributed by atoms with Crippen molar-refractivity contribution in [3.63, 3.8) is 0 Å². The molecule has 0 aromatic heterocycles. The summed E-state index contributed by atoms with van der Waals surface area (Å²) in [6, 6.07) is 9.70. The highest BCUT2D eigenvalue weighted by atomic mass is 33.1. The third-order valence-corrected chi connectivity index (χ3v) is 17.5. The molecule has 3 aromatic carbocycles. The number of ether oxygens (including phenoxy) is 4. The van der Waals surface area contributed by atoms with Crippen LogP contribution >= 0.6 is 21.6 Å². The first-order valence-corrected chi connectivity index (χ1v) is 25.4. The number of carbonyl (C=O) groups is 1. The molecular formula is C51H55N3O8S2. The molecule has 11 rings (SSSR count). The number of rotatable bonds is 4. The van der Waals surface area contributed by atoms with Crippen molar-refractivity contribution in [2.45, 2.75) is 113 Å². The van der Waals surface area contributed by atoms with Gasteiger partial charge in [-0.3, -0.25) is 4.79 Å². The van der Waals surface area contributed by atoms with Crippen LogP contribution in [-0.2, 0) is 27.8 Å². The van der Waals surface area contributed by atoms with E-state index in [0.717, 1.165) is 112 Å². The number of nitrogens with two attached hydrogens (primary N) is 1. The van der Waals surface area contributed by atoms with E-state index in [1.807, 2.05) is 33.7 Å². The molecule has 1 unspecified atom stereocenters. The van der Waals surface area contributed by atoms with E-state index in [1.54, 1.807) is 12.1 Å². The molecule has 7 N–H and O–H groups in total. The molecule has 6 bridgehead atoms. The predicted octanol–water partition coefficient (Wildman–Crippen LogP) is 7.80. The van der Waals surface area contributed by atoms with E-state index in [0.29, 0.717) is 42.2 Å². The number of aromatic hydroxyl groups is 2. The van der Waals surface area contributed by atoms with E-state index in [4.69, 9.17) is 24.7 Å². The van der Waals surface area contributed by atoms with E-state index in [9.17, 15) is 20.1 Å². The predicted molar refractivity (Wildman–Crippen MR) is 249 cm³/mol. The molecule has 13 heteroatoms. The SMILES string of the molecule is CC(=O)OC[C@H]1c2ccc3c4c2O[C@@H]1c1c(cc(O)c2c1C=C[C@@H]1N[C@H]5CCC[C@@H](CSSC[C@H]1O2)C5)CC#CC1=C(C=CC(N)N1)C[C@H]1CC[C@]4(Cc2cc(O)cc(OCO)c2-3)C1. The maximum absolute atomic E-state index is 12.7. The number of hydrogen-bond acceptors (Lipinski definition) is 13. The second-order valence-corrected chi connectivity index (χ2v) is 21.6. The summed E-state index contributed by atoms with van der Waals surface area (Å²) in [4.78, 5) is 12.7. The molecule has 11 nitrogen and oxygen atoms in total. The van der Waals surface area contributed by atoms with Gasteiger partial charge < -0.3 is 50.6 Å². The van der Waals surface area contributed by atoms with Crippen molar-refractivity contribution in [1.82, 2.24) is 10.6 Å². The van der Waals surface area contributed by atoms with E-state index in [2.05, 4.69) is 52.8 Å². The van der Waals surface area contributed by atoms with E-state index in [1.165, 1.54) is 19.8 Å². The summed E-state index contributed by atoms with van der Waals surface area (Å²) in [7, 11) is 3.77. The molecule has 0 radical (unpaired) electrons. The molecule has 3 fully saturated rings. The van der Waals surface area contributed by atoms with Crippen LogP contribution in [0.25, 0.3) is 17.2 Å². The molecule has 1 spiro atoms. The lowest BCUT2D eigenvalue weighted by atomic mass is 9.65. The fourth-order valence-electron chi connectivity index (χ4n) is 12.2. The Balaban J connectivity index is 1.13. The van der Waals surface area contributed by atoms with Gasteiger partial charge in [-0.2, -0.15) is 0 Å². The van der Waals surface area contributed by atoms with Crippen LogP contribution in [0.2, 0.25) is 0 Å². The highest BCUT2D eigenvalue weighted by Crippen LogP contribution is 2.63. The average molecular weight is 902 g/mol. The van der Waals surface area contributed by atoms with Crippen LogP contribution in [0.4, 0.5) is 0 Å². The van der Waals surface area contributed by atoms with Crippen molar-refractivity contribution in [3.8, 4) is 51.7 Å². The first-order valence-electron chi connectivity index (χ1n) is 22.9. The van der Waals surface area contributed by atoms with Crippen molar-refractivity contribution in [2.24, 2.45) is 17.6 Å². The number of aliphatic hydroxyl groups excluding tert-OH is 1. The average Bonchev–Trinajstić information content (AvgIpc) is 3.78. The Hall–Kier alpha value is -4.71. The summed E-state index contributed by atoms with van der Waals surface area (Å²) in [5.74, 6) is 10.7. The molecule has 5 aliphatic heterocycles. The van der Waals surface area contributed by atoms with Gasteiger partial charge in [-0.05, 0) is 110 Å². The number of dihydropyridines is 1. The Morgan fingerprint density at radius 3 is 2.80 bits per heavy atom. The fourth-order valence-corrected chi connectivity index (χ4v) is 14.9. The number of aliphatic hydroxyl groups is 1. The molecule has 3 aliphatic carbocycles. The van der Waals surface area contributed by atoms with Crippen LogP contribution in [0.3, 0.4) is 0 Å². The summed E-state index contributed by atoms with van der Waals surface area (Å²) in [6.45, 7) is 0.962. The van der Waals surface area contributed by atoms with Crippen LogP contribution in [-0.4, -0.2) is 70.5 Å². The molecule has 0 amide bonds. The molecule has 1 saturated heterocycles. The minimum absolute atomic E-state index is 0.0452. The first-order chi connectivity index (χ1) is 31.1. The molecule has 64 heavy (non-hydrogen) atoms. The first kappa shape index (κ1) is 42.0. The number of fused-ring (bicyclic) bond motifs is 11. The van der Waals surface area contributed by atoms with Gasteiger partial charge in [0.1, 0.15) is 36.1 Å². The second kappa shape index (κ2) is 16.9. The summed E-state index contributed by atoms with van der Waals surface area (Å²) >= 11 is 0. The minimum atomic E-state index is -0.651. The Morgan fingerprint density at radius 2 is 1.92 bits per heavy atom. The lowest BCUT2D eigenvalue weighted by molar-refractivity contribution is -0.141. The number of esters is 1. The molecule has 3 aromatic rings. The van der Waals surface area contributed by atoms with Crippen molar-refractivity contribution in [2.75, 3.05) is 24.9 Å². The maximum Gasteiger partial charge on any atom is 0.302 e. The van der Waals surface area contributed by atoms with E-state index < -0.39 is 18.8 Å². The molecule has 8 aliphatic rings. The number of allylic oxidation sites excluding steroid dienone is 3. The van der Waals surface area contributed by atoms with Crippen LogP contribution in [0.5, 0.6) is 28.7 Å². The van der Waals surface area contributed by atoms with Crippen LogP contribution in [0.15, 0.2) is 59.8 Å². The highest BCUT2D eigenvalue weighted by molar-refractivity contribution is 8.76. The van der Waals surface area contributed by atoms with Gasteiger partial charge in [0.25, 0.3) is 0 Å². The lowest BCUT2D eigenvalue weighted by Crippen LogP contribution is -2.49. The topological polar surface area (TPSA) is 165 Å². The monoisotopic (exact) mass is 901 g/mol. The third kappa shape index (κ3) is 7.53. The summed E-state index contributed by atoms with van der Waals surface area (Å²) < 4.78 is 26.4. The van der Waals surface area contributed by atoms with Crippen molar-refractivity contribution >= 4 is 33.6 Å². The second-order valence-electron chi connectivity index (χ2n) is 19.0. The van der Waals surface area contributed by atoms with Crippen molar-refractivity contribution in [1.29, 1.82) is 0 Å². The van der Waals surface area contributed by atoms with Crippen molar-refractivity contribution in [3.05, 3.63) is 93.2 Å². The van der Waals surface area contributed by atoms with Gasteiger partial charge >= 0.3 is 5.97 Å². The highest BCUT2D eigenvalue weighted by Gasteiger charge is 2.51. The zero-order valence-corrected chi connectivity index (χ0v) is 37.6. The summed E-state index contributed by atoms with van der Waals surface area (Å²) in [5, 5.41) is 40.6. The maximum atomic E-state index is 12.7. The Bertz CT molecular complexity index is 2560. The number of carbonyl (C=O) groups excluding carboxylic acids is 1. The van der Waals surface area contributed by atoms with Crippen molar-refractivity contribution < 1.29 is 39.1 Å². The number of nitrogens with one attached hydrogen (secondary N) is 2. The van der Waals surface area contributed by atoms with Gasteiger partial charge in [-0.25, -0.2) is 0 Å². The third-order valence-electron chi connectivity index (χ3n) is 14.9.